The molecule has 4 aliphatic rings. The van der Waals surface area contributed by atoms with E-state index in [0.717, 1.165) is 11.1 Å². The molecule has 34 heavy (non-hydrogen) atoms. The predicted octanol–water partition coefficient (Wildman–Crippen LogP) is 5.03. The number of hydrogen-bond acceptors (Lipinski definition) is 6. The molecule has 0 amide bonds. The van der Waals surface area contributed by atoms with Gasteiger partial charge in [0.25, 0.3) is 6.48 Å². The number of ether oxygens (including phenoxy) is 5. The van der Waals surface area contributed by atoms with Crippen molar-refractivity contribution in [1.29, 1.82) is 0 Å². The highest BCUT2D eigenvalue weighted by Gasteiger charge is 2.64. The molecule has 184 valence electrons. The van der Waals surface area contributed by atoms with E-state index in [9.17, 15) is 0 Å². The average Bonchev–Trinajstić information content (AvgIpc) is 2.81. The summed E-state index contributed by atoms with van der Waals surface area (Å²) in [5.41, 5.74) is 2.22. The lowest BCUT2D eigenvalue weighted by Crippen LogP contribution is -2.77. The maximum atomic E-state index is 6.92. The van der Waals surface area contributed by atoms with Gasteiger partial charge in [0.15, 0.2) is 8.32 Å². The molecular weight excluding hydrogens is 448 g/mol. The quantitative estimate of drug-likeness (QED) is 0.490. The number of hydrogen-bond donors (Lipinski definition) is 0. The van der Waals surface area contributed by atoms with Gasteiger partial charge in [0.1, 0.15) is 36.6 Å². The fourth-order valence-electron chi connectivity index (χ4n) is 4.63. The van der Waals surface area contributed by atoms with Crippen LogP contribution in [0.4, 0.5) is 0 Å². The van der Waals surface area contributed by atoms with Gasteiger partial charge in [-0.3, -0.25) is 0 Å². The van der Waals surface area contributed by atoms with E-state index >= 15 is 0 Å². The minimum absolute atomic E-state index is 0.0545. The number of rotatable bonds is 8. The number of benzene rings is 2. The molecule has 0 aromatic heterocycles. The fourth-order valence-corrected chi connectivity index (χ4v) is 5.93. The fraction of sp³-hybridized carbons (Fsp3) is 0.556. The molecule has 0 N–H and O–H groups in total. The Morgan fingerprint density at radius 3 is 1.50 bits per heavy atom. The van der Waals surface area contributed by atoms with E-state index in [1.807, 2.05) is 36.4 Å². The zero-order chi connectivity index (χ0) is 23.9. The Morgan fingerprint density at radius 2 is 1.09 bits per heavy atom. The van der Waals surface area contributed by atoms with Gasteiger partial charge in [-0.15, -0.1) is 0 Å². The molecule has 7 heteroatoms. The van der Waals surface area contributed by atoms with Crippen LogP contribution in [0.3, 0.4) is 0 Å². The first kappa shape index (κ1) is 24.1. The topological polar surface area (TPSA) is 55.4 Å². The highest BCUT2D eigenvalue weighted by Crippen LogP contribution is 2.47. The van der Waals surface area contributed by atoms with Crippen LogP contribution in [-0.4, -0.2) is 51.4 Å². The van der Waals surface area contributed by atoms with Gasteiger partial charge in [0.05, 0.1) is 13.2 Å². The first-order chi connectivity index (χ1) is 16.2. The summed E-state index contributed by atoms with van der Waals surface area (Å²) >= 11 is 0. The third kappa shape index (κ3) is 4.75. The first-order valence-electron chi connectivity index (χ1n) is 12.2. The summed E-state index contributed by atoms with van der Waals surface area (Å²) in [5.74, 6) is 0. The second-order valence-corrected chi connectivity index (χ2v) is 15.7. The largest absolute Gasteiger partial charge is 0.408 e. The molecule has 1 aliphatic carbocycles. The summed E-state index contributed by atoms with van der Waals surface area (Å²) in [5, 5.41) is 0.0545. The normalized spacial score (nSPS) is 32.8. The Labute approximate surface area is 203 Å². The molecule has 4 fully saturated rings. The van der Waals surface area contributed by atoms with Gasteiger partial charge in [0.2, 0.25) is 0 Å². The van der Waals surface area contributed by atoms with Crippen molar-refractivity contribution in [1.82, 2.24) is 0 Å². The molecule has 4 bridgehead atoms. The first-order valence-corrected chi connectivity index (χ1v) is 15.1. The maximum absolute atomic E-state index is 6.92. The smallest absolute Gasteiger partial charge is 0.272 e. The van der Waals surface area contributed by atoms with Crippen LogP contribution in [0.25, 0.3) is 0 Å². The third-order valence-electron chi connectivity index (χ3n) is 7.55. The molecule has 1 saturated carbocycles. The van der Waals surface area contributed by atoms with E-state index < -0.39 is 14.8 Å². The second kappa shape index (κ2) is 9.46. The summed E-state index contributed by atoms with van der Waals surface area (Å²) in [4.78, 5) is 0. The highest BCUT2D eigenvalue weighted by atomic mass is 28.4. The van der Waals surface area contributed by atoms with E-state index in [0.29, 0.717) is 13.2 Å². The molecular formula is C27H36O6Si. The molecule has 2 aromatic carbocycles. The van der Waals surface area contributed by atoms with Gasteiger partial charge in [0, 0.05) is 0 Å². The van der Waals surface area contributed by atoms with E-state index in [4.69, 9.17) is 28.1 Å². The minimum atomic E-state index is -2.11. The lowest BCUT2D eigenvalue weighted by molar-refractivity contribution is -0.485. The van der Waals surface area contributed by atoms with Crippen LogP contribution >= 0.6 is 0 Å². The van der Waals surface area contributed by atoms with Crippen LogP contribution in [0.5, 0.6) is 0 Å². The Hall–Kier alpha value is -1.58. The van der Waals surface area contributed by atoms with Crippen molar-refractivity contribution in [2.45, 2.75) is 95.2 Å². The standard InChI is InChI=1S/C27H36O6Si/c1-27(2,3)34(4,5)33-25-23-20(28-16-18-12-8-6-9-13-18)22-21(24(25)32-26(30-22)31-23)29-17-19-14-10-7-11-15-19/h6-15,20-26H,16-17H2,1-5H3/t20-,21-,22?,23-,24+,25?,26?/m0/s1. The van der Waals surface area contributed by atoms with Gasteiger partial charge in [-0.05, 0) is 29.3 Å². The van der Waals surface area contributed by atoms with E-state index in [2.05, 4.69) is 58.1 Å². The summed E-state index contributed by atoms with van der Waals surface area (Å²) in [6.07, 6.45) is -1.72. The zero-order valence-electron chi connectivity index (χ0n) is 20.7. The van der Waals surface area contributed by atoms with E-state index in [-0.39, 0.29) is 41.7 Å². The monoisotopic (exact) mass is 484 g/mol. The lowest BCUT2D eigenvalue weighted by Gasteiger charge is -2.60. The van der Waals surface area contributed by atoms with Crippen molar-refractivity contribution in [2.24, 2.45) is 0 Å². The van der Waals surface area contributed by atoms with Gasteiger partial charge < -0.3 is 28.1 Å². The van der Waals surface area contributed by atoms with Crippen LogP contribution in [-0.2, 0) is 41.3 Å². The summed E-state index contributed by atoms with van der Waals surface area (Å²) < 4.78 is 38.3. The molecule has 2 aromatic rings. The van der Waals surface area contributed by atoms with Gasteiger partial charge in [-0.1, -0.05) is 81.4 Å². The molecule has 6 rings (SSSR count). The predicted molar refractivity (Wildman–Crippen MR) is 131 cm³/mol. The van der Waals surface area contributed by atoms with Crippen LogP contribution in [0, 0.1) is 0 Å². The van der Waals surface area contributed by atoms with Crippen molar-refractivity contribution in [2.75, 3.05) is 0 Å². The molecule has 3 heterocycles. The van der Waals surface area contributed by atoms with Gasteiger partial charge in [-0.25, -0.2) is 0 Å². The van der Waals surface area contributed by atoms with Crippen molar-refractivity contribution < 1.29 is 28.1 Å². The van der Waals surface area contributed by atoms with Gasteiger partial charge in [-0.2, -0.15) is 0 Å². The summed E-state index contributed by atoms with van der Waals surface area (Å²) in [6, 6.07) is 20.3. The van der Waals surface area contributed by atoms with E-state index in [1.54, 1.807) is 0 Å². The summed E-state index contributed by atoms with van der Waals surface area (Å²) in [6.45, 7) is 11.5. The molecule has 0 spiro atoms. The van der Waals surface area contributed by atoms with E-state index in [1.165, 1.54) is 0 Å². The highest BCUT2D eigenvalue weighted by molar-refractivity contribution is 6.74. The van der Waals surface area contributed by atoms with Crippen LogP contribution in [0.2, 0.25) is 18.1 Å². The van der Waals surface area contributed by atoms with Gasteiger partial charge >= 0.3 is 0 Å². The summed E-state index contributed by atoms with van der Waals surface area (Å²) in [7, 11) is -2.11. The Morgan fingerprint density at radius 1 is 0.676 bits per heavy atom. The van der Waals surface area contributed by atoms with Crippen molar-refractivity contribution in [3.8, 4) is 0 Å². The lowest BCUT2D eigenvalue weighted by atomic mass is 9.82. The van der Waals surface area contributed by atoms with Crippen molar-refractivity contribution in [3.05, 3.63) is 71.8 Å². The average molecular weight is 485 g/mol. The second-order valence-electron chi connectivity index (χ2n) is 11.0. The maximum Gasteiger partial charge on any atom is 0.272 e. The SMILES string of the molecule is CC(C)(C)[Si](C)(C)OC1[C@H]2OC3OC([C@@H]2OCc2ccccc2)[C@H](OCc2ccccc2)[C@H]1O3. The minimum Gasteiger partial charge on any atom is -0.408 e. The molecule has 6 nitrogen and oxygen atoms in total. The van der Waals surface area contributed by atoms with Crippen LogP contribution in [0.1, 0.15) is 31.9 Å². The molecule has 3 aliphatic heterocycles. The molecule has 3 saturated heterocycles. The van der Waals surface area contributed by atoms with Crippen molar-refractivity contribution in [3.63, 3.8) is 0 Å². The molecule has 7 atom stereocenters. The Kier molecular flexibility index (Phi) is 6.72. The Balaban J connectivity index is 1.40. The third-order valence-corrected chi connectivity index (χ3v) is 12.0. The molecule has 0 radical (unpaired) electrons. The van der Waals surface area contributed by atoms with Crippen molar-refractivity contribution >= 4 is 8.32 Å². The van der Waals surface area contributed by atoms with Crippen LogP contribution in [0.15, 0.2) is 60.7 Å². The Bertz CT molecular complexity index is 885. The molecule has 3 unspecified atom stereocenters. The zero-order valence-corrected chi connectivity index (χ0v) is 21.7. The van der Waals surface area contributed by atoms with Crippen LogP contribution < -0.4 is 0 Å².